The molecule has 0 saturated heterocycles. The Morgan fingerprint density at radius 1 is 1.17 bits per heavy atom. The van der Waals surface area contributed by atoms with Gasteiger partial charge in [0.25, 0.3) is 0 Å². The third kappa shape index (κ3) is 3.54. The van der Waals surface area contributed by atoms with Crippen LogP contribution < -0.4 is 0 Å². The van der Waals surface area contributed by atoms with Gasteiger partial charge in [0.15, 0.2) is 0 Å². The molecule has 0 aliphatic carbocycles. The molecule has 0 aromatic heterocycles. The lowest BCUT2D eigenvalue weighted by Crippen LogP contribution is -1.89. The number of aryl methyl sites for hydroxylation is 1. The summed E-state index contributed by atoms with van der Waals surface area (Å²) in [5.41, 5.74) is 2.56. The van der Waals surface area contributed by atoms with E-state index in [1.54, 1.807) is 7.11 Å². The second-order valence-corrected chi connectivity index (χ2v) is 2.36. The molecule has 0 atom stereocenters. The first-order valence-electron chi connectivity index (χ1n) is 4.38. The number of methoxy groups -OCH3 is 1. The molecule has 0 bridgehead atoms. The van der Waals surface area contributed by atoms with Crippen molar-refractivity contribution in [2.24, 2.45) is 0 Å². The molecule has 1 heteroatoms. The smallest absolute Gasteiger partial charge is 0.0715 e. The fourth-order valence-electron chi connectivity index (χ4n) is 0.928. The van der Waals surface area contributed by atoms with Crippen molar-refractivity contribution in [3.05, 3.63) is 35.4 Å². The summed E-state index contributed by atoms with van der Waals surface area (Å²) in [7, 11) is 1.71. The minimum atomic E-state index is 0.715. The normalized spacial score (nSPS) is 8.67. The van der Waals surface area contributed by atoms with Gasteiger partial charge in [-0.1, -0.05) is 38.1 Å². The first-order valence-corrected chi connectivity index (χ1v) is 4.38. The fraction of sp³-hybridized carbons (Fsp3) is 0.455. The molecule has 1 rings (SSSR count). The van der Waals surface area contributed by atoms with Gasteiger partial charge in [-0.05, 0) is 18.1 Å². The number of hydrogen-bond acceptors (Lipinski definition) is 1. The lowest BCUT2D eigenvalue weighted by Gasteiger charge is -2.01. The van der Waals surface area contributed by atoms with E-state index in [2.05, 4.69) is 19.1 Å². The van der Waals surface area contributed by atoms with E-state index in [0.717, 1.165) is 0 Å². The van der Waals surface area contributed by atoms with Crippen molar-refractivity contribution in [1.82, 2.24) is 0 Å². The van der Waals surface area contributed by atoms with Gasteiger partial charge >= 0.3 is 0 Å². The average Bonchev–Trinajstić information content (AvgIpc) is 2.13. The Morgan fingerprint density at radius 2 is 1.75 bits per heavy atom. The van der Waals surface area contributed by atoms with Crippen molar-refractivity contribution >= 4 is 0 Å². The van der Waals surface area contributed by atoms with E-state index in [1.165, 1.54) is 11.1 Å². The summed E-state index contributed by atoms with van der Waals surface area (Å²) in [5, 5.41) is 0. The van der Waals surface area contributed by atoms with Crippen LogP contribution in [0.4, 0.5) is 0 Å². The molecule has 0 heterocycles. The van der Waals surface area contributed by atoms with Crippen molar-refractivity contribution in [3.8, 4) is 0 Å². The first-order chi connectivity index (χ1) is 5.84. The molecule has 1 aromatic carbocycles. The zero-order valence-electron chi connectivity index (χ0n) is 8.42. The van der Waals surface area contributed by atoms with E-state index in [4.69, 9.17) is 4.74 Å². The molecule has 0 aliphatic heterocycles. The van der Waals surface area contributed by atoms with Crippen LogP contribution in [-0.4, -0.2) is 7.11 Å². The summed E-state index contributed by atoms with van der Waals surface area (Å²) < 4.78 is 5.01. The molecule has 0 aliphatic rings. The Balaban J connectivity index is 0.000000561. The molecular formula is C11H18O. The average molecular weight is 166 g/mol. The number of benzene rings is 1. The molecule has 0 saturated carbocycles. The van der Waals surface area contributed by atoms with Gasteiger partial charge in [0.05, 0.1) is 6.61 Å². The van der Waals surface area contributed by atoms with Crippen LogP contribution in [0.15, 0.2) is 24.3 Å². The van der Waals surface area contributed by atoms with E-state index >= 15 is 0 Å². The maximum absolute atomic E-state index is 5.01. The molecule has 1 aromatic rings. The van der Waals surface area contributed by atoms with Crippen molar-refractivity contribution in [2.75, 3.05) is 7.11 Å². The molecule has 68 valence electrons. The number of rotatable bonds is 2. The summed E-state index contributed by atoms with van der Waals surface area (Å²) in [4.78, 5) is 0. The highest BCUT2D eigenvalue weighted by molar-refractivity contribution is 5.24. The summed E-state index contributed by atoms with van der Waals surface area (Å²) in [6.07, 6.45) is 0. The maximum atomic E-state index is 5.01. The lowest BCUT2D eigenvalue weighted by molar-refractivity contribution is 0.184. The van der Waals surface area contributed by atoms with Crippen LogP contribution in [0, 0.1) is 6.92 Å². The Labute approximate surface area is 75.4 Å². The molecule has 0 radical (unpaired) electrons. The molecule has 1 nitrogen and oxygen atoms in total. The van der Waals surface area contributed by atoms with Crippen LogP contribution in [-0.2, 0) is 11.3 Å². The van der Waals surface area contributed by atoms with Gasteiger partial charge in [0.1, 0.15) is 0 Å². The zero-order valence-corrected chi connectivity index (χ0v) is 8.42. The van der Waals surface area contributed by atoms with Crippen molar-refractivity contribution in [2.45, 2.75) is 27.4 Å². The highest BCUT2D eigenvalue weighted by Crippen LogP contribution is 2.06. The Morgan fingerprint density at radius 3 is 2.25 bits per heavy atom. The quantitative estimate of drug-likeness (QED) is 0.655. The highest BCUT2D eigenvalue weighted by atomic mass is 16.5. The largest absolute Gasteiger partial charge is 0.380 e. The van der Waals surface area contributed by atoms with Crippen molar-refractivity contribution < 1.29 is 4.74 Å². The van der Waals surface area contributed by atoms with Crippen LogP contribution in [0.25, 0.3) is 0 Å². The van der Waals surface area contributed by atoms with Crippen LogP contribution in [0.5, 0.6) is 0 Å². The van der Waals surface area contributed by atoms with Crippen LogP contribution in [0.1, 0.15) is 25.0 Å². The summed E-state index contributed by atoms with van der Waals surface area (Å²) in [5.74, 6) is 0. The van der Waals surface area contributed by atoms with Crippen LogP contribution in [0.3, 0.4) is 0 Å². The van der Waals surface area contributed by atoms with Gasteiger partial charge in [0.2, 0.25) is 0 Å². The molecular weight excluding hydrogens is 148 g/mol. The molecule has 0 fully saturated rings. The third-order valence-electron chi connectivity index (χ3n) is 1.56. The van der Waals surface area contributed by atoms with Gasteiger partial charge < -0.3 is 4.74 Å². The fourth-order valence-corrected chi connectivity index (χ4v) is 0.928. The highest BCUT2D eigenvalue weighted by Gasteiger charge is 1.92. The predicted octanol–water partition coefficient (Wildman–Crippen LogP) is 3.17. The second kappa shape index (κ2) is 6.86. The van der Waals surface area contributed by atoms with E-state index in [-0.39, 0.29) is 0 Å². The minimum absolute atomic E-state index is 0.715. The van der Waals surface area contributed by atoms with E-state index < -0.39 is 0 Å². The van der Waals surface area contributed by atoms with Gasteiger partial charge in [-0.25, -0.2) is 0 Å². The van der Waals surface area contributed by atoms with Gasteiger partial charge in [-0.2, -0.15) is 0 Å². The maximum Gasteiger partial charge on any atom is 0.0715 e. The minimum Gasteiger partial charge on any atom is -0.380 e. The summed E-state index contributed by atoms with van der Waals surface area (Å²) in [6, 6.07) is 8.24. The molecule has 0 amide bonds. The summed E-state index contributed by atoms with van der Waals surface area (Å²) in [6.45, 7) is 6.81. The van der Waals surface area contributed by atoms with Crippen LogP contribution >= 0.6 is 0 Å². The van der Waals surface area contributed by atoms with Crippen molar-refractivity contribution in [1.29, 1.82) is 0 Å². The zero-order chi connectivity index (χ0) is 9.40. The van der Waals surface area contributed by atoms with Gasteiger partial charge in [-0.15, -0.1) is 0 Å². The van der Waals surface area contributed by atoms with E-state index in [9.17, 15) is 0 Å². The van der Waals surface area contributed by atoms with E-state index in [0.29, 0.717) is 6.61 Å². The standard InChI is InChI=1S/C9H12O.C2H6/c1-8-5-3-4-6-9(8)7-10-2;1-2/h3-6H,7H2,1-2H3;1-2H3. The summed E-state index contributed by atoms with van der Waals surface area (Å²) >= 11 is 0. The molecule has 12 heavy (non-hydrogen) atoms. The van der Waals surface area contributed by atoms with Gasteiger partial charge in [0, 0.05) is 7.11 Å². The SMILES string of the molecule is CC.COCc1ccccc1C. The lowest BCUT2D eigenvalue weighted by atomic mass is 10.1. The van der Waals surface area contributed by atoms with Crippen molar-refractivity contribution in [3.63, 3.8) is 0 Å². The van der Waals surface area contributed by atoms with Gasteiger partial charge in [-0.3, -0.25) is 0 Å². The van der Waals surface area contributed by atoms with E-state index in [1.807, 2.05) is 26.0 Å². The number of hydrogen-bond donors (Lipinski definition) is 0. The first kappa shape index (κ1) is 11.2. The Bertz CT molecular complexity index is 206. The Hall–Kier alpha value is -0.820. The molecule has 0 spiro atoms. The topological polar surface area (TPSA) is 9.23 Å². The third-order valence-corrected chi connectivity index (χ3v) is 1.56. The molecule has 0 N–H and O–H groups in total. The number of ether oxygens (including phenoxy) is 1. The molecule has 0 unspecified atom stereocenters. The monoisotopic (exact) mass is 166 g/mol. The Kier molecular flexibility index (Phi) is 6.39. The predicted molar refractivity (Wildman–Crippen MR) is 53.2 cm³/mol. The second-order valence-electron chi connectivity index (χ2n) is 2.36. The van der Waals surface area contributed by atoms with Crippen LogP contribution in [0.2, 0.25) is 0 Å².